The Balaban J connectivity index is 2.91. The molecule has 0 saturated heterocycles. The van der Waals surface area contributed by atoms with E-state index in [9.17, 15) is 4.79 Å². The van der Waals surface area contributed by atoms with Crippen LogP contribution in [0.4, 0.5) is 0 Å². The van der Waals surface area contributed by atoms with E-state index in [-0.39, 0.29) is 0 Å². The van der Waals surface area contributed by atoms with Crippen molar-refractivity contribution >= 4 is 11.9 Å². The van der Waals surface area contributed by atoms with Crippen molar-refractivity contribution in [2.45, 2.75) is 6.92 Å². The second-order valence-electron chi connectivity index (χ2n) is 2.89. The van der Waals surface area contributed by atoms with Gasteiger partial charge in [0.05, 0.1) is 0 Å². The summed E-state index contributed by atoms with van der Waals surface area (Å²) < 4.78 is 0. The summed E-state index contributed by atoms with van der Waals surface area (Å²) in [5.74, 6) is 0. The van der Waals surface area contributed by atoms with Gasteiger partial charge in [-0.25, -0.2) is 0 Å². The highest BCUT2D eigenvalue weighted by Crippen LogP contribution is 2.13. The molecule has 0 spiro atoms. The molecular weight excluding hydrogens is 160 g/mol. The lowest BCUT2D eigenvalue weighted by atomic mass is 10.1. The molecule has 0 atom stereocenters. The number of allylic oxidation sites excluding steroid dienone is 3. The number of carbonyl (C=O) groups is 1. The summed E-state index contributed by atoms with van der Waals surface area (Å²) in [6.07, 6.45) is 2.54. The Hall–Kier alpha value is -1.63. The summed E-state index contributed by atoms with van der Waals surface area (Å²) in [5, 5.41) is 0. The molecule has 0 aliphatic carbocycles. The molecule has 13 heavy (non-hydrogen) atoms. The second-order valence-corrected chi connectivity index (χ2v) is 2.89. The van der Waals surface area contributed by atoms with Crippen molar-refractivity contribution in [2.75, 3.05) is 0 Å². The van der Waals surface area contributed by atoms with E-state index in [0.29, 0.717) is 5.57 Å². The maximum atomic E-state index is 10.3. The molecule has 0 aliphatic rings. The molecule has 0 radical (unpaired) electrons. The van der Waals surface area contributed by atoms with E-state index in [4.69, 9.17) is 0 Å². The van der Waals surface area contributed by atoms with Crippen molar-refractivity contribution in [1.82, 2.24) is 0 Å². The summed E-state index contributed by atoms with van der Waals surface area (Å²) in [5.41, 5.74) is 2.67. The van der Waals surface area contributed by atoms with Gasteiger partial charge in [-0.2, -0.15) is 0 Å². The van der Waals surface area contributed by atoms with E-state index in [1.807, 2.05) is 37.3 Å². The van der Waals surface area contributed by atoms with Crippen LogP contribution in [0.3, 0.4) is 0 Å². The first-order valence-corrected chi connectivity index (χ1v) is 4.12. The molecule has 1 heteroatoms. The largest absolute Gasteiger partial charge is 0.298 e. The van der Waals surface area contributed by atoms with Crippen molar-refractivity contribution in [2.24, 2.45) is 0 Å². The van der Waals surface area contributed by atoms with Gasteiger partial charge in [-0.15, -0.1) is 0 Å². The van der Waals surface area contributed by atoms with Crippen LogP contribution in [0.15, 0.2) is 48.6 Å². The van der Waals surface area contributed by atoms with Gasteiger partial charge in [-0.1, -0.05) is 36.9 Å². The molecule has 0 aliphatic heterocycles. The number of carbonyl (C=O) groups excluding carboxylic acids is 1. The molecule has 0 amide bonds. The molecular formula is C12H12O. The number of rotatable bonds is 3. The third-order valence-corrected chi connectivity index (χ3v) is 1.78. The topological polar surface area (TPSA) is 17.1 Å². The van der Waals surface area contributed by atoms with Gasteiger partial charge >= 0.3 is 0 Å². The monoisotopic (exact) mass is 172 g/mol. The predicted molar refractivity (Wildman–Crippen MR) is 55.3 cm³/mol. The SMILES string of the molecule is C=C(C=O)C=C(C)c1ccccc1. The van der Waals surface area contributed by atoms with Crippen LogP contribution in [0.1, 0.15) is 12.5 Å². The molecule has 0 N–H and O–H groups in total. The fourth-order valence-electron chi connectivity index (χ4n) is 1.10. The van der Waals surface area contributed by atoms with Gasteiger partial charge < -0.3 is 0 Å². The van der Waals surface area contributed by atoms with Crippen molar-refractivity contribution in [1.29, 1.82) is 0 Å². The van der Waals surface area contributed by atoms with E-state index < -0.39 is 0 Å². The minimum Gasteiger partial charge on any atom is -0.298 e. The predicted octanol–water partition coefficient (Wildman–Crippen LogP) is 2.85. The summed E-state index contributed by atoms with van der Waals surface area (Å²) in [4.78, 5) is 10.3. The standard InChI is InChI=1S/C12H12O/c1-10(9-13)8-11(2)12-6-4-3-5-7-12/h3-9H,1H2,2H3. The molecule has 0 saturated carbocycles. The van der Waals surface area contributed by atoms with Gasteiger partial charge in [0.25, 0.3) is 0 Å². The van der Waals surface area contributed by atoms with Crippen LogP contribution in [0.25, 0.3) is 5.57 Å². The van der Waals surface area contributed by atoms with Crippen molar-refractivity contribution < 1.29 is 4.79 Å². The van der Waals surface area contributed by atoms with Gasteiger partial charge in [0.15, 0.2) is 0 Å². The Morgan fingerprint density at radius 3 is 2.46 bits per heavy atom. The fraction of sp³-hybridized carbons (Fsp3) is 0.0833. The van der Waals surface area contributed by atoms with Crippen LogP contribution >= 0.6 is 0 Å². The van der Waals surface area contributed by atoms with E-state index >= 15 is 0 Å². The van der Waals surface area contributed by atoms with Gasteiger partial charge in [-0.05, 0) is 24.1 Å². The number of benzene rings is 1. The zero-order chi connectivity index (χ0) is 9.68. The third-order valence-electron chi connectivity index (χ3n) is 1.78. The summed E-state index contributed by atoms with van der Waals surface area (Å²) in [6.45, 7) is 5.56. The molecule has 1 rings (SSSR count). The van der Waals surface area contributed by atoms with E-state index in [2.05, 4.69) is 6.58 Å². The zero-order valence-electron chi connectivity index (χ0n) is 7.66. The lowest BCUT2D eigenvalue weighted by Gasteiger charge is -1.99. The molecule has 1 aromatic carbocycles. The molecule has 1 nitrogen and oxygen atoms in total. The molecule has 0 heterocycles. The minimum atomic E-state index is 0.501. The quantitative estimate of drug-likeness (QED) is 0.389. The van der Waals surface area contributed by atoms with Crippen molar-refractivity contribution in [3.8, 4) is 0 Å². The first kappa shape index (κ1) is 9.46. The van der Waals surface area contributed by atoms with Gasteiger partial charge in [-0.3, -0.25) is 4.79 Å². The summed E-state index contributed by atoms with van der Waals surface area (Å²) >= 11 is 0. The molecule has 0 aromatic heterocycles. The first-order chi connectivity index (χ1) is 6.24. The first-order valence-electron chi connectivity index (χ1n) is 4.12. The number of hydrogen-bond acceptors (Lipinski definition) is 1. The highest BCUT2D eigenvalue weighted by atomic mass is 16.1. The smallest absolute Gasteiger partial charge is 0.149 e. The minimum absolute atomic E-state index is 0.501. The lowest BCUT2D eigenvalue weighted by Crippen LogP contribution is -1.81. The molecule has 66 valence electrons. The van der Waals surface area contributed by atoms with E-state index in [0.717, 1.165) is 17.4 Å². The van der Waals surface area contributed by atoms with Gasteiger partial charge in [0.2, 0.25) is 0 Å². The average Bonchev–Trinajstić information content (AvgIpc) is 2.19. The maximum Gasteiger partial charge on any atom is 0.149 e. The van der Waals surface area contributed by atoms with E-state index in [1.165, 1.54) is 0 Å². The fourth-order valence-corrected chi connectivity index (χ4v) is 1.10. The van der Waals surface area contributed by atoms with Crippen molar-refractivity contribution in [3.05, 3.63) is 54.1 Å². The van der Waals surface area contributed by atoms with Crippen LogP contribution < -0.4 is 0 Å². The Morgan fingerprint density at radius 1 is 1.31 bits per heavy atom. The summed E-state index contributed by atoms with van der Waals surface area (Å²) in [6, 6.07) is 9.91. The second kappa shape index (κ2) is 4.41. The van der Waals surface area contributed by atoms with E-state index in [1.54, 1.807) is 6.08 Å². The van der Waals surface area contributed by atoms with Crippen LogP contribution in [0, 0.1) is 0 Å². The number of aldehydes is 1. The molecule has 1 aromatic rings. The molecule has 0 bridgehead atoms. The maximum absolute atomic E-state index is 10.3. The molecule has 0 unspecified atom stereocenters. The Kier molecular flexibility index (Phi) is 3.21. The lowest BCUT2D eigenvalue weighted by molar-refractivity contribution is -0.104. The number of hydrogen-bond donors (Lipinski definition) is 0. The third kappa shape index (κ3) is 2.71. The highest BCUT2D eigenvalue weighted by molar-refractivity contribution is 5.81. The van der Waals surface area contributed by atoms with Crippen LogP contribution in [0.5, 0.6) is 0 Å². The summed E-state index contributed by atoms with van der Waals surface area (Å²) in [7, 11) is 0. The highest BCUT2D eigenvalue weighted by Gasteiger charge is 1.93. The zero-order valence-corrected chi connectivity index (χ0v) is 7.66. The molecule has 0 fully saturated rings. The van der Waals surface area contributed by atoms with Crippen molar-refractivity contribution in [3.63, 3.8) is 0 Å². The van der Waals surface area contributed by atoms with Gasteiger partial charge in [0, 0.05) is 5.57 Å². The Morgan fingerprint density at radius 2 is 1.92 bits per heavy atom. The van der Waals surface area contributed by atoms with Crippen LogP contribution in [0.2, 0.25) is 0 Å². The average molecular weight is 172 g/mol. The Labute approximate surface area is 78.4 Å². The van der Waals surface area contributed by atoms with Gasteiger partial charge in [0.1, 0.15) is 6.29 Å². The Bertz CT molecular complexity index is 333. The van der Waals surface area contributed by atoms with Crippen LogP contribution in [-0.4, -0.2) is 6.29 Å². The van der Waals surface area contributed by atoms with Crippen LogP contribution in [-0.2, 0) is 4.79 Å². The normalized spacial score (nSPS) is 11.0.